The van der Waals surface area contributed by atoms with Gasteiger partial charge in [0.2, 0.25) is 10.0 Å². The van der Waals surface area contributed by atoms with Crippen molar-refractivity contribution in [1.29, 1.82) is 5.26 Å². The van der Waals surface area contributed by atoms with Crippen molar-refractivity contribution in [3.05, 3.63) is 42.1 Å². The molecule has 1 saturated carbocycles. The van der Waals surface area contributed by atoms with Gasteiger partial charge in [-0.3, -0.25) is 4.98 Å². The Kier molecular flexibility index (Phi) is 5.84. The predicted molar refractivity (Wildman–Crippen MR) is 115 cm³/mol. The zero-order valence-electron chi connectivity index (χ0n) is 17.8. The molecule has 0 spiro atoms. The molecule has 2 heterocycles. The van der Waals surface area contributed by atoms with Crippen molar-refractivity contribution in [2.75, 3.05) is 7.11 Å². The number of fused-ring (bicyclic) bond motifs is 1. The van der Waals surface area contributed by atoms with E-state index in [0.29, 0.717) is 28.1 Å². The largest absolute Gasteiger partial charge is 0.497 e. The summed E-state index contributed by atoms with van der Waals surface area (Å²) in [5, 5.41) is 10.6. The summed E-state index contributed by atoms with van der Waals surface area (Å²) in [6, 6.07) is 8.20. The molecule has 1 atom stereocenters. The fourth-order valence-corrected chi connectivity index (χ4v) is 5.03. The lowest BCUT2D eigenvalue weighted by atomic mass is 9.92. The molecule has 0 bridgehead atoms. The summed E-state index contributed by atoms with van der Waals surface area (Å²) in [7, 11) is -2.90. The van der Waals surface area contributed by atoms with Crippen LogP contribution in [-0.2, 0) is 10.0 Å². The van der Waals surface area contributed by atoms with Crippen molar-refractivity contribution >= 4 is 20.9 Å². The molecule has 1 N–H and O–H groups in total. The van der Waals surface area contributed by atoms with E-state index in [2.05, 4.69) is 11.1 Å². The summed E-state index contributed by atoms with van der Waals surface area (Å²) < 4.78 is 72.1. The maximum Gasteiger partial charge on any atom is 0.404 e. The zero-order valence-corrected chi connectivity index (χ0v) is 18.7. The Labute approximate surface area is 188 Å². The number of aromatic nitrogens is 2. The van der Waals surface area contributed by atoms with Gasteiger partial charge in [0.1, 0.15) is 22.8 Å². The number of nitrogens with one attached hydrogen (secondary N) is 1. The normalized spacial score (nSPS) is 15.8. The van der Waals surface area contributed by atoms with Gasteiger partial charge in [-0.15, -0.1) is 0 Å². The number of hydrogen-bond acceptors (Lipinski definition) is 5. The molecule has 1 unspecified atom stereocenters. The van der Waals surface area contributed by atoms with Crippen LogP contribution >= 0.6 is 0 Å². The smallest absolute Gasteiger partial charge is 0.404 e. The number of sulfonamides is 1. The van der Waals surface area contributed by atoms with E-state index in [1.807, 2.05) is 10.6 Å². The van der Waals surface area contributed by atoms with E-state index < -0.39 is 27.1 Å². The number of nitrogens with zero attached hydrogens (tertiary/aromatic N) is 3. The molecule has 1 fully saturated rings. The Morgan fingerprint density at radius 2 is 2.00 bits per heavy atom. The van der Waals surface area contributed by atoms with Gasteiger partial charge in [-0.1, -0.05) is 0 Å². The first-order chi connectivity index (χ1) is 15.6. The number of hydrogen-bond donors (Lipinski definition) is 1. The van der Waals surface area contributed by atoms with Gasteiger partial charge in [-0.2, -0.15) is 23.2 Å². The lowest BCUT2D eigenvalue weighted by Gasteiger charge is -2.30. The molecule has 4 rings (SSSR count). The second kappa shape index (κ2) is 8.35. The Balaban J connectivity index is 1.80. The maximum absolute atomic E-state index is 12.8. The molecule has 0 saturated heterocycles. The zero-order chi connectivity index (χ0) is 24.0. The summed E-state index contributed by atoms with van der Waals surface area (Å²) in [6.45, 7) is 0.726. The second-order valence-corrected chi connectivity index (χ2v) is 9.65. The van der Waals surface area contributed by atoms with E-state index in [9.17, 15) is 26.9 Å². The fraction of sp³-hybridized carbons (Fsp3) is 0.364. The highest BCUT2D eigenvalue weighted by atomic mass is 32.2. The monoisotopic (exact) mass is 478 g/mol. The van der Waals surface area contributed by atoms with E-state index in [1.54, 1.807) is 16.9 Å². The minimum absolute atomic E-state index is 0.164. The quantitative estimate of drug-likeness (QED) is 0.561. The molecular weight excluding hydrogens is 457 g/mol. The van der Waals surface area contributed by atoms with E-state index >= 15 is 0 Å². The summed E-state index contributed by atoms with van der Waals surface area (Å²) >= 11 is 0. The van der Waals surface area contributed by atoms with Gasteiger partial charge in [-0.05, 0) is 56.5 Å². The van der Waals surface area contributed by atoms with Crippen LogP contribution in [0.3, 0.4) is 0 Å². The van der Waals surface area contributed by atoms with E-state index in [4.69, 9.17) is 4.74 Å². The number of rotatable bonds is 6. The van der Waals surface area contributed by atoms with Gasteiger partial charge in [0.15, 0.2) is 0 Å². The maximum atomic E-state index is 12.8. The topological polar surface area (TPSA) is 97.0 Å². The van der Waals surface area contributed by atoms with Gasteiger partial charge in [0.25, 0.3) is 0 Å². The number of pyridine rings is 1. The molecule has 0 aliphatic heterocycles. The molecule has 1 aliphatic carbocycles. The van der Waals surface area contributed by atoms with Crippen molar-refractivity contribution in [2.45, 2.75) is 49.3 Å². The number of ether oxygens (including phenoxy) is 1. The fourth-order valence-electron chi connectivity index (χ4n) is 3.86. The van der Waals surface area contributed by atoms with Crippen molar-refractivity contribution < 1.29 is 26.3 Å². The Morgan fingerprint density at radius 1 is 1.27 bits per heavy atom. The van der Waals surface area contributed by atoms with Crippen LogP contribution in [0.25, 0.3) is 22.3 Å². The van der Waals surface area contributed by atoms with Gasteiger partial charge >= 0.3 is 6.18 Å². The number of halogens is 3. The van der Waals surface area contributed by atoms with Crippen molar-refractivity contribution in [2.24, 2.45) is 0 Å². The first-order valence-electron chi connectivity index (χ1n) is 10.2. The first kappa shape index (κ1) is 23.1. The van der Waals surface area contributed by atoms with Crippen LogP contribution in [0.15, 0.2) is 41.4 Å². The van der Waals surface area contributed by atoms with Crippen molar-refractivity contribution in [3.8, 4) is 23.2 Å². The molecule has 11 heteroatoms. The number of nitriles is 1. The van der Waals surface area contributed by atoms with Crippen LogP contribution < -0.4 is 9.46 Å². The first-order valence-corrected chi connectivity index (χ1v) is 11.7. The summed E-state index contributed by atoms with van der Waals surface area (Å²) in [6.07, 6.45) is -0.799. The summed E-state index contributed by atoms with van der Waals surface area (Å²) in [4.78, 5) is 3.83. The van der Waals surface area contributed by atoms with Gasteiger partial charge in [0.05, 0.1) is 29.6 Å². The van der Waals surface area contributed by atoms with Crippen LogP contribution in [-0.4, -0.2) is 37.3 Å². The minimum Gasteiger partial charge on any atom is -0.497 e. The summed E-state index contributed by atoms with van der Waals surface area (Å²) in [5.74, 6) is 0.593. The number of alkyl halides is 3. The van der Waals surface area contributed by atoms with Gasteiger partial charge < -0.3 is 9.30 Å². The highest BCUT2D eigenvalue weighted by molar-refractivity contribution is 7.89. The lowest BCUT2D eigenvalue weighted by molar-refractivity contribution is -0.147. The third-order valence-electron chi connectivity index (χ3n) is 5.87. The van der Waals surface area contributed by atoms with Crippen LogP contribution in [0.2, 0.25) is 0 Å². The summed E-state index contributed by atoms with van der Waals surface area (Å²) in [5.41, 5.74) is 2.12. The van der Waals surface area contributed by atoms with Gasteiger partial charge in [-0.25, -0.2) is 8.42 Å². The standard InChI is InChI=1S/C22H21F3N4O3S/c1-13(22(23,24)25)28-33(30,31)16-7-8-19(27-12-16)21-18(11-26)17-10-15(32-2)6-9-20(17)29(21)14-4-3-5-14/h6-10,12-14,28H,3-5H2,1-2H3. The van der Waals surface area contributed by atoms with Crippen molar-refractivity contribution in [3.63, 3.8) is 0 Å². The third-order valence-corrected chi connectivity index (χ3v) is 7.40. The molecule has 3 aromatic rings. The van der Waals surface area contributed by atoms with E-state index in [0.717, 1.165) is 37.9 Å². The molecular formula is C22H21F3N4O3S. The SMILES string of the molecule is COc1ccc2c(c1)c(C#N)c(-c1ccc(S(=O)(=O)NC(C)C(F)(F)F)cn1)n2C1CCC1. The molecule has 1 aromatic carbocycles. The Bertz CT molecular complexity index is 1340. The number of methoxy groups -OCH3 is 1. The van der Waals surface area contributed by atoms with Gasteiger partial charge in [0, 0.05) is 17.6 Å². The molecule has 1 aliphatic rings. The third kappa shape index (κ3) is 4.16. The molecule has 0 radical (unpaired) electrons. The molecule has 174 valence electrons. The second-order valence-electron chi connectivity index (χ2n) is 7.94. The molecule has 33 heavy (non-hydrogen) atoms. The van der Waals surface area contributed by atoms with Crippen molar-refractivity contribution in [1.82, 2.24) is 14.3 Å². The van der Waals surface area contributed by atoms with Crippen LogP contribution in [0.1, 0.15) is 37.8 Å². The highest BCUT2D eigenvalue weighted by Gasteiger charge is 2.39. The average Bonchev–Trinajstić information content (AvgIpc) is 3.04. The van der Waals surface area contributed by atoms with E-state index in [-0.39, 0.29) is 6.04 Å². The van der Waals surface area contributed by atoms with Crippen LogP contribution in [0.4, 0.5) is 13.2 Å². The van der Waals surface area contributed by atoms with Crippen LogP contribution in [0, 0.1) is 11.3 Å². The number of benzene rings is 1. The minimum atomic E-state index is -4.72. The average molecular weight is 478 g/mol. The molecule has 2 aromatic heterocycles. The Hall–Kier alpha value is -3.10. The van der Waals surface area contributed by atoms with E-state index in [1.165, 1.54) is 19.2 Å². The van der Waals surface area contributed by atoms with Crippen LogP contribution in [0.5, 0.6) is 5.75 Å². The Morgan fingerprint density at radius 3 is 2.52 bits per heavy atom. The molecule has 0 amide bonds. The lowest BCUT2D eigenvalue weighted by Crippen LogP contribution is -2.42. The highest BCUT2D eigenvalue weighted by Crippen LogP contribution is 2.42. The predicted octanol–water partition coefficient (Wildman–Crippen LogP) is 4.54. The molecule has 7 nitrogen and oxygen atoms in total.